The van der Waals surface area contributed by atoms with Crippen molar-refractivity contribution in [3.63, 3.8) is 0 Å². The molecule has 0 amide bonds. The summed E-state index contributed by atoms with van der Waals surface area (Å²) in [6.07, 6.45) is 0. The van der Waals surface area contributed by atoms with Crippen molar-refractivity contribution in [2.75, 3.05) is 6.61 Å². The number of hydrogen-bond donors (Lipinski definition) is 0. The topological polar surface area (TPSA) is 9.23 Å². The van der Waals surface area contributed by atoms with E-state index in [1.165, 1.54) is 5.56 Å². The van der Waals surface area contributed by atoms with Crippen molar-refractivity contribution in [1.82, 2.24) is 0 Å². The molecule has 0 aromatic carbocycles. The van der Waals surface area contributed by atoms with E-state index in [2.05, 4.69) is 12.3 Å². The Morgan fingerprint density at radius 1 is 1.56 bits per heavy atom. The molecule has 50 valence electrons. The third-order valence-electron chi connectivity index (χ3n) is 1.11. The van der Waals surface area contributed by atoms with Crippen LogP contribution in [0.15, 0.2) is 10.8 Å². The van der Waals surface area contributed by atoms with Crippen LogP contribution in [-0.4, -0.2) is 6.61 Å². The minimum absolute atomic E-state index is 0.761. The highest BCUT2D eigenvalue weighted by Crippen LogP contribution is 2.21. The molecular weight excluding hydrogens is 132 g/mol. The first-order chi connectivity index (χ1) is 4.34. The van der Waals surface area contributed by atoms with Gasteiger partial charge >= 0.3 is 0 Å². The van der Waals surface area contributed by atoms with Crippen LogP contribution in [0.2, 0.25) is 0 Å². The van der Waals surface area contributed by atoms with Crippen LogP contribution in [0.3, 0.4) is 0 Å². The Balaban J connectivity index is 2.69. The lowest BCUT2D eigenvalue weighted by Crippen LogP contribution is -1.89. The first kappa shape index (κ1) is 6.62. The summed E-state index contributed by atoms with van der Waals surface area (Å²) in [6.45, 7) is 4.82. The van der Waals surface area contributed by atoms with Gasteiger partial charge in [0.05, 0.1) is 6.61 Å². The molecule has 0 saturated heterocycles. The lowest BCUT2D eigenvalue weighted by Gasteiger charge is -1.98. The molecule has 0 aliphatic heterocycles. The maximum absolute atomic E-state index is 5.29. The van der Waals surface area contributed by atoms with Gasteiger partial charge in [-0.3, -0.25) is 0 Å². The van der Waals surface area contributed by atoms with Crippen LogP contribution in [0.4, 0.5) is 0 Å². The Bertz CT molecular complexity index is 181. The Morgan fingerprint density at radius 2 is 2.33 bits per heavy atom. The third-order valence-corrected chi connectivity index (χ3v) is 1.95. The van der Waals surface area contributed by atoms with Crippen LogP contribution in [-0.2, 0) is 0 Å². The summed E-state index contributed by atoms with van der Waals surface area (Å²) in [5.41, 5.74) is 1.24. The molecule has 1 aromatic rings. The minimum Gasteiger partial charge on any atom is -0.493 e. The molecule has 0 N–H and O–H groups in total. The fourth-order valence-corrected chi connectivity index (χ4v) is 1.42. The predicted molar refractivity (Wildman–Crippen MR) is 40.2 cm³/mol. The highest BCUT2D eigenvalue weighted by Gasteiger charge is 1.95. The summed E-state index contributed by atoms with van der Waals surface area (Å²) < 4.78 is 5.29. The van der Waals surface area contributed by atoms with Gasteiger partial charge in [-0.05, 0) is 19.2 Å². The van der Waals surface area contributed by atoms with Gasteiger partial charge in [0, 0.05) is 10.9 Å². The number of ether oxygens (including phenoxy) is 1. The fourth-order valence-electron chi connectivity index (χ4n) is 0.652. The lowest BCUT2D eigenvalue weighted by molar-refractivity contribution is 0.339. The van der Waals surface area contributed by atoms with Gasteiger partial charge in [-0.2, -0.15) is 0 Å². The van der Waals surface area contributed by atoms with Crippen molar-refractivity contribution in [2.45, 2.75) is 13.8 Å². The monoisotopic (exact) mass is 142 g/mol. The molecule has 0 unspecified atom stereocenters. The number of aryl methyl sites for hydroxylation is 1. The first-order valence-electron chi connectivity index (χ1n) is 3.00. The van der Waals surface area contributed by atoms with Crippen molar-refractivity contribution in [3.8, 4) is 5.75 Å². The van der Waals surface area contributed by atoms with Crippen molar-refractivity contribution in [3.05, 3.63) is 16.3 Å². The van der Waals surface area contributed by atoms with Gasteiger partial charge in [0.1, 0.15) is 5.75 Å². The average molecular weight is 142 g/mol. The maximum atomic E-state index is 5.29. The standard InChI is InChI=1S/C7H10OS/c1-3-8-7-5-9-4-6(7)2/h4-5H,3H2,1-2H3. The Hall–Kier alpha value is -0.500. The predicted octanol–water partition coefficient (Wildman–Crippen LogP) is 2.46. The summed E-state index contributed by atoms with van der Waals surface area (Å²) in [7, 11) is 0. The van der Waals surface area contributed by atoms with Gasteiger partial charge in [-0.15, -0.1) is 11.3 Å². The zero-order valence-electron chi connectivity index (χ0n) is 5.68. The molecule has 1 nitrogen and oxygen atoms in total. The smallest absolute Gasteiger partial charge is 0.132 e. The molecule has 0 atom stereocenters. The Labute approximate surface area is 59.3 Å². The molecule has 1 aromatic heterocycles. The van der Waals surface area contributed by atoms with Gasteiger partial charge in [0.15, 0.2) is 0 Å². The summed E-state index contributed by atoms with van der Waals surface area (Å²) >= 11 is 1.68. The third kappa shape index (κ3) is 1.45. The van der Waals surface area contributed by atoms with E-state index in [-0.39, 0.29) is 0 Å². The lowest BCUT2D eigenvalue weighted by atomic mass is 10.4. The van der Waals surface area contributed by atoms with Crippen LogP contribution < -0.4 is 4.74 Å². The van der Waals surface area contributed by atoms with E-state index >= 15 is 0 Å². The van der Waals surface area contributed by atoms with E-state index in [1.807, 2.05) is 12.3 Å². The second-order valence-corrected chi connectivity index (χ2v) is 2.60. The van der Waals surface area contributed by atoms with Crippen molar-refractivity contribution in [1.29, 1.82) is 0 Å². The zero-order valence-corrected chi connectivity index (χ0v) is 6.49. The minimum atomic E-state index is 0.761. The van der Waals surface area contributed by atoms with Crippen molar-refractivity contribution in [2.24, 2.45) is 0 Å². The summed E-state index contributed by atoms with van der Waals surface area (Å²) in [4.78, 5) is 0. The largest absolute Gasteiger partial charge is 0.493 e. The summed E-state index contributed by atoms with van der Waals surface area (Å²) in [6, 6.07) is 0. The first-order valence-corrected chi connectivity index (χ1v) is 3.94. The van der Waals surface area contributed by atoms with Crippen LogP contribution in [0.1, 0.15) is 12.5 Å². The second-order valence-electron chi connectivity index (χ2n) is 1.85. The van der Waals surface area contributed by atoms with Gasteiger partial charge in [0.2, 0.25) is 0 Å². The van der Waals surface area contributed by atoms with Crippen molar-refractivity contribution < 1.29 is 4.74 Å². The van der Waals surface area contributed by atoms with Crippen LogP contribution >= 0.6 is 11.3 Å². The quantitative estimate of drug-likeness (QED) is 0.616. The van der Waals surface area contributed by atoms with E-state index in [0.717, 1.165) is 12.4 Å². The normalized spacial score (nSPS) is 9.56. The van der Waals surface area contributed by atoms with Crippen LogP contribution in [0.5, 0.6) is 5.75 Å². The molecule has 0 spiro atoms. The fraction of sp³-hybridized carbons (Fsp3) is 0.429. The van der Waals surface area contributed by atoms with Gasteiger partial charge < -0.3 is 4.74 Å². The van der Waals surface area contributed by atoms with Crippen LogP contribution in [0, 0.1) is 6.92 Å². The number of thiophene rings is 1. The molecule has 0 saturated carbocycles. The molecule has 0 aliphatic rings. The van der Waals surface area contributed by atoms with Crippen LogP contribution in [0.25, 0.3) is 0 Å². The van der Waals surface area contributed by atoms with E-state index in [4.69, 9.17) is 4.74 Å². The molecule has 0 radical (unpaired) electrons. The molecule has 9 heavy (non-hydrogen) atoms. The Morgan fingerprint density at radius 3 is 2.78 bits per heavy atom. The highest BCUT2D eigenvalue weighted by atomic mass is 32.1. The van der Waals surface area contributed by atoms with Gasteiger partial charge in [-0.1, -0.05) is 0 Å². The molecule has 1 heterocycles. The van der Waals surface area contributed by atoms with E-state index < -0.39 is 0 Å². The van der Waals surface area contributed by atoms with Crippen molar-refractivity contribution >= 4 is 11.3 Å². The maximum Gasteiger partial charge on any atom is 0.132 e. The SMILES string of the molecule is CCOc1cscc1C. The molecule has 1 rings (SSSR count). The van der Waals surface area contributed by atoms with E-state index in [9.17, 15) is 0 Å². The van der Waals surface area contributed by atoms with Gasteiger partial charge in [-0.25, -0.2) is 0 Å². The number of hydrogen-bond acceptors (Lipinski definition) is 2. The number of rotatable bonds is 2. The molecule has 0 aliphatic carbocycles. The average Bonchev–Trinajstić information content (AvgIpc) is 2.18. The highest BCUT2D eigenvalue weighted by molar-refractivity contribution is 7.08. The summed E-state index contributed by atoms with van der Waals surface area (Å²) in [5, 5.41) is 4.11. The Kier molecular flexibility index (Phi) is 2.11. The van der Waals surface area contributed by atoms with E-state index in [1.54, 1.807) is 11.3 Å². The zero-order chi connectivity index (χ0) is 6.69. The molecule has 0 bridgehead atoms. The molecular formula is C7H10OS. The summed E-state index contributed by atoms with van der Waals surface area (Å²) in [5.74, 6) is 1.03. The molecule has 0 fully saturated rings. The van der Waals surface area contributed by atoms with Gasteiger partial charge in [0.25, 0.3) is 0 Å². The van der Waals surface area contributed by atoms with E-state index in [0.29, 0.717) is 0 Å². The molecule has 2 heteroatoms. The second kappa shape index (κ2) is 2.87.